The van der Waals surface area contributed by atoms with Gasteiger partial charge < -0.3 is 5.73 Å². The largest absolute Gasteiger partial charge is 0.458 e. The molecule has 6 nitrogen and oxygen atoms in total. The fourth-order valence-corrected chi connectivity index (χ4v) is 2.61. The first-order valence-corrected chi connectivity index (χ1v) is 6.92. The monoisotopic (exact) mass is 373 g/mol. The third-order valence-corrected chi connectivity index (χ3v) is 3.79. The number of carbonyl (C=O) groups excluding carboxylic acids is 2. The lowest BCUT2D eigenvalue weighted by Crippen LogP contribution is -2.36. The highest BCUT2D eigenvalue weighted by Gasteiger charge is 2.59. The molecule has 0 unspecified atom stereocenters. The summed E-state index contributed by atoms with van der Waals surface area (Å²) in [5.74, 6) is -7.92. The van der Waals surface area contributed by atoms with Crippen molar-refractivity contribution in [2.75, 3.05) is 5.73 Å². The number of hydrogen-bond acceptors (Lipinski definition) is 4. The smallest absolute Gasteiger partial charge is 0.384 e. The Labute approximate surface area is 141 Å². The van der Waals surface area contributed by atoms with Crippen LogP contribution in [-0.2, 0) is 5.92 Å². The average Bonchev–Trinajstić information content (AvgIpc) is 2.81. The van der Waals surface area contributed by atoms with Crippen molar-refractivity contribution in [3.63, 3.8) is 0 Å². The zero-order chi connectivity index (χ0) is 19.4. The zero-order valence-electron chi connectivity index (χ0n) is 12.5. The number of aromatic nitrogens is 1. The summed E-state index contributed by atoms with van der Waals surface area (Å²) in [5.41, 5.74) is 1.29. The number of halogens is 5. The van der Waals surface area contributed by atoms with Gasteiger partial charge in [0, 0.05) is 6.07 Å². The van der Waals surface area contributed by atoms with Gasteiger partial charge in [0.15, 0.2) is 0 Å². The number of nitrogens with one attached hydrogen (secondary N) is 1. The molecule has 2 aromatic rings. The number of alkyl halides is 5. The Bertz CT molecular complexity index is 1010. The van der Waals surface area contributed by atoms with Crippen LogP contribution in [0.4, 0.5) is 27.8 Å². The van der Waals surface area contributed by atoms with E-state index in [1.165, 1.54) is 0 Å². The quantitative estimate of drug-likeness (QED) is 0.622. The van der Waals surface area contributed by atoms with Crippen LogP contribution in [0.1, 0.15) is 26.3 Å². The molecule has 3 rings (SSSR count). The number of nitrogens with zero attached hydrogens (tertiary/aromatic N) is 1. The highest BCUT2D eigenvalue weighted by atomic mass is 19.4. The molecule has 136 valence electrons. The van der Waals surface area contributed by atoms with E-state index in [-0.39, 0.29) is 5.56 Å². The van der Waals surface area contributed by atoms with Gasteiger partial charge in [-0.2, -0.15) is 22.0 Å². The Morgan fingerprint density at radius 3 is 2.19 bits per heavy atom. The van der Waals surface area contributed by atoms with E-state index in [1.807, 2.05) is 5.32 Å². The number of benzene rings is 1. The molecule has 26 heavy (non-hydrogen) atoms. The summed E-state index contributed by atoms with van der Waals surface area (Å²) < 4.78 is 66.4. The molecule has 3 N–H and O–H groups in total. The van der Waals surface area contributed by atoms with Gasteiger partial charge in [0.25, 0.3) is 17.4 Å². The maximum Gasteiger partial charge on any atom is 0.458 e. The summed E-state index contributed by atoms with van der Waals surface area (Å²) in [6.07, 6.45) is -5.93. The SMILES string of the molecule is Nc1c2c(cc(=O)n1-c1ccccc1C(F)(F)C(F)(F)F)C(=O)NC2=O. The van der Waals surface area contributed by atoms with E-state index in [1.54, 1.807) is 0 Å². The molecule has 1 aromatic carbocycles. The minimum Gasteiger partial charge on any atom is -0.384 e. The Morgan fingerprint density at radius 2 is 1.58 bits per heavy atom. The van der Waals surface area contributed by atoms with Gasteiger partial charge in [-0.1, -0.05) is 18.2 Å². The van der Waals surface area contributed by atoms with Gasteiger partial charge >= 0.3 is 12.1 Å². The molecule has 2 heterocycles. The van der Waals surface area contributed by atoms with Crippen molar-refractivity contribution in [3.8, 4) is 5.69 Å². The molecule has 0 atom stereocenters. The van der Waals surface area contributed by atoms with Gasteiger partial charge in [-0.05, 0) is 6.07 Å². The van der Waals surface area contributed by atoms with Crippen LogP contribution in [0.15, 0.2) is 35.1 Å². The molecule has 0 fully saturated rings. The molecule has 0 saturated carbocycles. The molecule has 0 radical (unpaired) electrons. The number of nitrogens with two attached hydrogens (primary N) is 1. The van der Waals surface area contributed by atoms with Crippen LogP contribution in [-0.4, -0.2) is 22.6 Å². The highest BCUT2D eigenvalue weighted by molar-refractivity contribution is 6.23. The molecule has 2 amide bonds. The lowest BCUT2D eigenvalue weighted by molar-refractivity contribution is -0.289. The molecular weight excluding hydrogens is 365 g/mol. The number of amides is 2. The molecule has 0 saturated heterocycles. The molecule has 0 spiro atoms. The third-order valence-electron chi connectivity index (χ3n) is 3.79. The van der Waals surface area contributed by atoms with Crippen LogP contribution in [0.5, 0.6) is 0 Å². The number of fused-ring (bicyclic) bond motifs is 1. The number of rotatable bonds is 2. The van der Waals surface area contributed by atoms with Crippen LogP contribution >= 0.6 is 0 Å². The maximum absolute atomic E-state index is 13.9. The Balaban J connectivity index is 2.35. The van der Waals surface area contributed by atoms with Crippen LogP contribution in [0.3, 0.4) is 0 Å². The van der Waals surface area contributed by atoms with E-state index in [0.29, 0.717) is 16.7 Å². The maximum atomic E-state index is 13.9. The molecule has 1 aliphatic rings. The lowest BCUT2D eigenvalue weighted by Gasteiger charge is -2.23. The number of para-hydroxylation sites is 1. The minimum atomic E-state index is -5.93. The number of carbonyl (C=O) groups is 2. The van der Waals surface area contributed by atoms with Crippen molar-refractivity contribution >= 4 is 17.6 Å². The second-order valence-corrected chi connectivity index (χ2v) is 5.36. The summed E-state index contributed by atoms with van der Waals surface area (Å²) in [7, 11) is 0. The first-order valence-electron chi connectivity index (χ1n) is 6.92. The fraction of sp³-hybridized carbons (Fsp3) is 0.133. The van der Waals surface area contributed by atoms with E-state index in [4.69, 9.17) is 5.73 Å². The normalized spacial score (nSPS) is 14.3. The van der Waals surface area contributed by atoms with E-state index < -0.39 is 52.1 Å². The number of nitrogen functional groups attached to an aromatic ring is 1. The second-order valence-electron chi connectivity index (χ2n) is 5.36. The molecule has 0 bridgehead atoms. The summed E-state index contributed by atoms with van der Waals surface area (Å²) >= 11 is 0. The average molecular weight is 373 g/mol. The second kappa shape index (κ2) is 5.38. The zero-order valence-corrected chi connectivity index (χ0v) is 12.5. The summed E-state index contributed by atoms with van der Waals surface area (Å²) in [4.78, 5) is 35.6. The third kappa shape index (κ3) is 2.35. The van der Waals surface area contributed by atoms with Crippen molar-refractivity contribution in [2.24, 2.45) is 0 Å². The van der Waals surface area contributed by atoms with Crippen molar-refractivity contribution in [1.29, 1.82) is 0 Å². The van der Waals surface area contributed by atoms with Crippen LogP contribution < -0.4 is 16.6 Å². The van der Waals surface area contributed by atoms with Gasteiger partial charge in [-0.3, -0.25) is 24.3 Å². The Hall–Kier alpha value is -3.24. The molecule has 1 aliphatic heterocycles. The van der Waals surface area contributed by atoms with E-state index >= 15 is 0 Å². The predicted octanol–water partition coefficient (Wildman–Crippen LogP) is 1.96. The molecule has 11 heteroatoms. The Morgan fingerprint density at radius 1 is 0.962 bits per heavy atom. The first kappa shape index (κ1) is 17.6. The highest BCUT2D eigenvalue weighted by Crippen LogP contribution is 2.46. The fourth-order valence-electron chi connectivity index (χ4n) is 2.61. The van der Waals surface area contributed by atoms with Gasteiger partial charge in [0.05, 0.1) is 22.4 Å². The summed E-state index contributed by atoms with van der Waals surface area (Å²) in [6.45, 7) is 0. The topological polar surface area (TPSA) is 94.2 Å². The lowest BCUT2D eigenvalue weighted by atomic mass is 10.0. The predicted molar refractivity (Wildman–Crippen MR) is 78.2 cm³/mol. The van der Waals surface area contributed by atoms with Crippen molar-refractivity contribution < 1.29 is 31.5 Å². The van der Waals surface area contributed by atoms with E-state index in [0.717, 1.165) is 18.2 Å². The number of pyridine rings is 1. The van der Waals surface area contributed by atoms with E-state index in [9.17, 15) is 36.3 Å². The van der Waals surface area contributed by atoms with Gasteiger partial charge in [0.2, 0.25) is 0 Å². The first-order chi connectivity index (χ1) is 12.0. The van der Waals surface area contributed by atoms with Crippen molar-refractivity contribution in [2.45, 2.75) is 12.1 Å². The van der Waals surface area contributed by atoms with Crippen molar-refractivity contribution in [1.82, 2.24) is 9.88 Å². The number of anilines is 1. The Kier molecular flexibility index (Phi) is 3.64. The number of hydrogen-bond donors (Lipinski definition) is 2. The van der Waals surface area contributed by atoms with Crippen LogP contribution in [0.2, 0.25) is 0 Å². The van der Waals surface area contributed by atoms with E-state index in [2.05, 4.69) is 0 Å². The summed E-state index contributed by atoms with van der Waals surface area (Å²) in [5, 5.41) is 1.86. The molecule has 0 aliphatic carbocycles. The van der Waals surface area contributed by atoms with Crippen LogP contribution in [0, 0.1) is 0 Å². The van der Waals surface area contributed by atoms with Crippen molar-refractivity contribution in [3.05, 3.63) is 57.4 Å². The van der Waals surface area contributed by atoms with Gasteiger partial charge in [0.1, 0.15) is 5.82 Å². The van der Waals surface area contributed by atoms with Gasteiger partial charge in [-0.15, -0.1) is 0 Å². The standard InChI is InChI=1S/C15H8F5N3O3/c16-14(17,15(18,19)20)7-3-1-2-4-8(7)23-9(24)5-6-10(11(23)21)13(26)22-12(6)25/h1-5H,21H2,(H,22,25,26). The van der Waals surface area contributed by atoms with Gasteiger partial charge in [-0.25, -0.2) is 0 Å². The summed E-state index contributed by atoms with van der Waals surface area (Å²) in [6, 6.07) is 4.02. The molecule has 1 aromatic heterocycles. The molecular formula is C15H8F5N3O3. The minimum absolute atomic E-state index is 0.339. The van der Waals surface area contributed by atoms with Crippen LogP contribution in [0.25, 0.3) is 5.69 Å². The number of imide groups is 1.